The zero-order valence-electron chi connectivity index (χ0n) is 17.4. The van der Waals surface area contributed by atoms with Crippen molar-refractivity contribution in [1.29, 1.82) is 0 Å². The number of ether oxygens (including phenoxy) is 4. The van der Waals surface area contributed by atoms with Crippen molar-refractivity contribution < 1.29 is 18.9 Å². The third kappa shape index (κ3) is 4.63. The predicted octanol–water partition coefficient (Wildman–Crippen LogP) is 3.33. The summed E-state index contributed by atoms with van der Waals surface area (Å²) in [6.07, 6.45) is 3.71. The van der Waals surface area contributed by atoms with E-state index in [0.29, 0.717) is 6.54 Å². The van der Waals surface area contributed by atoms with E-state index in [9.17, 15) is 0 Å². The standard InChI is InChI=1S/C22H27N3O4/c1-25-9-8-23-22(25)21(16-10-18(27-3)12-19(11-16)28-4)24-14-15-6-7-17(26-2)13-20(15)29-5/h6-13,21,24H,14H2,1-5H3. The van der Waals surface area contributed by atoms with Crippen LogP contribution >= 0.6 is 0 Å². The number of hydrogen-bond donors (Lipinski definition) is 1. The molecular formula is C22H27N3O4. The average molecular weight is 397 g/mol. The van der Waals surface area contributed by atoms with Crippen molar-refractivity contribution in [2.75, 3.05) is 28.4 Å². The van der Waals surface area contributed by atoms with Crippen molar-refractivity contribution in [1.82, 2.24) is 14.9 Å². The van der Waals surface area contributed by atoms with Gasteiger partial charge in [0.25, 0.3) is 0 Å². The Morgan fingerprint density at radius 1 is 0.897 bits per heavy atom. The molecule has 1 aromatic heterocycles. The molecule has 0 amide bonds. The van der Waals surface area contributed by atoms with Crippen molar-refractivity contribution >= 4 is 0 Å². The maximum absolute atomic E-state index is 5.53. The minimum absolute atomic E-state index is 0.175. The first-order chi connectivity index (χ1) is 14.1. The van der Waals surface area contributed by atoms with Crippen LogP contribution in [0.1, 0.15) is 23.0 Å². The molecule has 0 aliphatic carbocycles. The molecule has 0 radical (unpaired) electrons. The maximum Gasteiger partial charge on any atom is 0.130 e. The van der Waals surface area contributed by atoms with Crippen LogP contribution in [0.4, 0.5) is 0 Å². The molecule has 1 N–H and O–H groups in total. The number of hydrogen-bond acceptors (Lipinski definition) is 6. The van der Waals surface area contributed by atoms with E-state index in [1.807, 2.05) is 54.2 Å². The molecule has 3 rings (SSSR count). The Morgan fingerprint density at radius 3 is 2.14 bits per heavy atom. The van der Waals surface area contributed by atoms with Gasteiger partial charge in [0.15, 0.2) is 0 Å². The van der Waals surface area contributed by atoms with Gasteiger partial charge in [-0.3, -0.25) is 5.32 Å². The number of imidazole rings is 1. The van der Waals surface area contributed by atoms with Crippen molar-refractivity contribution in [2.45, 2.75) is 12.6 Å². The number of aryl methyl sites for hydroxylation is 1. The first-order valence-corrected chi connectivity index (χ1v) is 9.24. The van der Waals surface area contributed by atoms with E-state index in [2.05, 4.69) is 10.3 Å². The Morgan fingerprint density at radius 2 is 1.59 bits per heavy atom. The highest BCUT2D eigenvalue weighted by Gasteiger charge is 2.20. The average Bonchev–Trinajstić information content (AvgIpc) is 3.19. The zero-order chi connectivity index (χ0) is 20.8. The molecule has 0 spiro atoms. The van der Waals surface area contributed by atoms with Gasteiger partial charge in [0.2, 0.25) is 0 Å². The summed E-state index contributed by atoms with van der Waals surface area (Å²) in [5.41, 5.74) is 2.00. The van der Waals surface area contributed by atoms with Crippen LogP contribution in [0.15, 0.2) is 48.8 Å². The molecule has 0 saturated heterocycles. The smallest absolute Gasteiger partial charge is 0.130 e. The van der Waals surface area contributed by atoms with Gasteiger partial charge < -0.3 is 23.5 Å². The van der Waals surface area contributed by atoms with Gasteiger partial charge in [0, 0.05) is 43.7 Å². The van der Waals surface area contributed by atoms with Gasteiger partial charge >= 0.3 is 0 Å². The zero-order valence-corrected chi connectivity index (χ0v) is 17.4. The number of nitrogens with zero attached hydrogens (tertiary/aromatic N) is 2. The second-order valence-electron chi connectivity index (χ2n) is 6.53. The fraction of sp³-hybridized carbons (Fsp3) is 0.318. The van der Waals surface area contributed by atoms with E-state index >= 15 is 0 Å². The quantitative estimate of drug-likeness (QED) is 0.597. The lowest BCUT2D eigenvalue weighted by molar-refractivity contribution is 0.387. The van der Waals surface area contributed by atoms with Gasteiger partial charge in [-0.2, -0.15) is 0 Å². The molecule has 7 nitrogen and oxygen atoms in total. The highest BCUT2D eigenvalue weighted by atomic mass is 16.5. The number of aromatic nitrogens is 2. The molecule has 3 aromatic rings. The van der Waals surface area contributed by atoms with Gasteiger partial charge in [0.05, 0.1) is 34.5 Å². The monoisotopic (exact) mass is 397 g/mol. The summed E-state index contributed by atoms with van der Waals surface area (Å²) in [6.45, 7) is 0.574. The molecule has 1 unspecified atom stereocenters. The van der Waals surface area contributed by atoms with Crippen LogP contribution in [0.3, 0.4) is 0 Å². The Balaban J connectivity index is 1.95. The third-order valence-corrected chi connectivity index (χ3v) is 4.81. The lowest BCUT2D eigenvalue weighted by atomic mass is 10.0. The highest BCUT2D eigenvalue weighted by molar-refractivity contribution is 5.43. The van der Waals surface area contributed by atoms with E-state index in [4.69, 9.17) is 18.9 Å². The first kappa shape index (κ1) is 20.5. The van der Waals surface area contributed by atoms with Crippen LogP contribution in [0.5, 0.6) is 23.0 Å². The van der Waals surface area contributed by atoms with Crippen LogP contribution < -0.4 is 24.3 Å². The van der Waals surface area contributed by atoms with E-state index in [1.165, 1.54) is 0 Å². The van der Waals surface area contributed by atoms with Gasteiger partial charge in [-0.25, -0.2) is 4.98 Å². The number of nitrogens with one attached hydrogen (secondary N) is 1. The Hall–Kier alpha value is -3.19. The molecular weight excluding hydrogens is 370 g/mol. The van der Waals surface area contributed by atoms with Crippen LogP contribution in [0.25, 0.3) is 0 Å². The molecule has 0 bridgehead atoms. The summed E-state index contributed by atoms with van der Waals surface area (Å²) in [4.78, 5) is 4.55. The highest BCUT2D eigenvalue weighted by Crippen LogP contribution is 2.31. The van der Waals surface area contributed by atoms with Crippen molar-refractivity contribution in [2.24, 2.45) is 7.05 Å². The van der Waals surface area contributed by atoms with Gasteiger partial charge in [0.1, 0.15) is 28.8 Å². The van der Waals surface area contributed by atoms with Crippen molar-refractivity contribution in [3.8, 4) is 23.0 Å². The van der Waals surface area contributed by atoms with Gasteiger partial charge in [-0.05, 0) is 23.8 Å². The van der Waals surface area contributed by atoms with E-state index in [1.54, 1.807) is 34.6 Å². The SMILES string of the molecule is COc1cc(OC)cc(C(NCc2ccc(OC)cc2OC)c2nccn2C)c1. The van der Waals surface area contributed by atoms with Crippen molar-refractivity contribution in [3.63, 3.8) is 0 Å². The van der Waals surface area contributed by atoms with Crippen molar-refractivity contribution in [3.05, 3.63) is 65.7 Å². The first-order valence-electron chi connectivity index (χ1n) is 9.24. The summed E-state index contributed by atoms with van der Waals surface area (Å²) < 4.78 is 23.7. The predicted molar refractivity (Wildman–Crippen MR) is 111 cm³/mol. The summed E-state index contributed by atoms with van der Waals surface area (Å²) >= 11 is 0. The molecule has 1 atom stereocenters. The summed E-state index contributed by atoms with van der Waals surface area (Å²) in [7, 11) is 8.55. The molecule has 0 fully saturated rings. The second-order valence-corrected chi connectivity index (χ2v) is 6.53. The topological polar surface area (TPSA) is 66.8 Å². The summed E-state index contributed by atoms with van der Waals surface area (Å²) in [5.74, 6) is 3.85. The van der Waals surface area contributed by atoms with E-state index in [0.717, 1.165) is 39.9 Å². The molecule has 154 valence electrons. The third-order valence-electron chi connectivity index (χ3n) is 4.81. The van der Waals surface area contributed by atoms with E-state index < -0.39 is 0 Å². The van der Waals surface area contributed by atoms with Gasteiger partial charge in [-0.1, -0.05) is 6.07 Å². The van der Waals surface area contributed by atoms with Gasteiger partial charge in [-0.15, -0.1) is 0 Å². The molecule has 0 saturated carbocycles. The number of methoxy groups -OCH3 is 4. The second kappa shape index (κ2) is 9.34. The minimum atomic E-state index is -0.175. The van der Waals surface area contributed by atoms with Crippen LogP contribution in [0.2, 0.25) is 0 Å². The Labute approximate surface area is 171 Å². The Kier molecular flexibility index (Phi) is 6.61. The Bertz CT molecular complexity index is 933. The fourth-order valence-electron chi connectivity index (χ4n) is 3.22. The van der Waals surface area contributed by atoms with Crippen LogP contribution in [0, 0.1) is 0 Å². The maximum atomic E-state index is 5.53. The van der Waals surface area contributed by atoms with Crippen LogP contribution in [-0.2, 0) is 13.6 Å². The number of rotatable bonds is 9. The molecule has 0 aliphatic heterocycles. The minimum Gasteiger partial charge on any atom is -0.497 e. The van der Waals surface area contributed by atoms with Crippen LogP contribution in [-0.4, -0.2) is 38.0 Å². The molecule has 7 heteroatoms. The summed E-state index contributed by atoms with van der Waals surface area (Å²) in [5, 5.41) is 3.60. The largest absolute Gasteiger partial charge is 0.497 e. The fourth-order valence-corrected chi connectivity index (χ4v) is 3.22. The summed E-state index contributed by atoms with van der Waals surface area (Å²) in [6, 6.07) is 11.4. The molecule has 2 aromatic carbocycles. The molecule has 0 aliphatic rings. The normalized spacial score (nSPS) is 11.8. The molecule has 1 heterocycles. The van der Waals surface area contributed by atoms with E-state index in [-0.39, 0.29) is 6.04 Å². The molecule has 29 heavy (non-hydrogen) atoms. The lowest BCUT2D eigenvalue weighted by Gasteiger charge is -2.21. The lowest BCUT2D eigenvalue weighted by Crippen LogP contribution is -2.25. The number of benzene rings is 2.